The summed E-state index contributed by atoms with van der Waals surface area (Å²) in [7, 11) is 0. The van der Waals surface area contributed by atoms with Crippen molar-refractivity contribution in [3.8, 4) is 0 Å². The van der Waals surface area contributed by atoms with Crippen LogP contribution >= 0.6 is 11.6 Å². The Morgan fingerprint density at radius 3 is 2.94 bits per heavy atom. The van der Waals surface area contributed by atoms with Crippen LogP contribution in [0.15, 0.2) is 41.2 Å². The zero-order valence-corrected chi connectivity index (χ0v) is 10.2. The van der Waals surface area contributed by atoms with Gasteiger partial charge in [0, 0.05) is 23.2 Å². The van der Waals surface area contributed by atoms with Crippen molar-refractivity contribution < 1.29 is 4.42 Å². The summed E-state index contributed by atoms with van der Waals surface area (Å²) in [5.74, 6) is 0. The molecule has 0 bridgehead atoms. The molecule has 1 unspecified atom stereocenters. The SMILES string of the molecule is Clc1ccc2c(c1)CC(NCc1ccoc1)C2. The van der Waals surface area contributed by atoms with Gasteiger partial charge in [0.05, 0.1) is 12.5 Å². The highest BCUT2D eigenvalue weighted by Crippen LogP contribution is 2.25. The second-order valence-corrected chi connectivity index (χ2v) is 4.97. The van der Waals surface area contributed by atoms with E-state index in [1.807, 2.05) is 12.1 Å². The Balaban J connectivity index is 1.62. The molecule has 3 heteroatoms. The van der Waals surface area contributed by atoms with Crippen molar-refractivity contribution in [1.82, 2.24) is 5.32 Å². The minimum atomic E-state index is 0.512. The number of hydrogen-bond donors (Lipinski definition) is 1. The van der Waals surface area contributed by atoms with Gasteiger partial charge in [0.2, 0.25) is 0 Å². The fourth-order valence-electron chi connectivity index (χ4n) is 2.39. The summed E-state index contributed by atoms with van der Waals surface area (Å²) >= 11 is 6.00. The van der Waals surface area contributed by atoms with Crippen LogP contribution in [0.25, 0.3) is 0 Å². The van der Waals surface area contributed by atoms with E-state index in [9.17, 15) is 0 Å². The molecule has 2 nitrogen and oxygen atoms in total. The highest BCUT2D eigenvalue weighted by atomic mass is 35.5. The van der Waals surface area contributed by atoms with Crippen molar-refractivity contribution in [2.75, 3.05) is 0 Å². The minimum absolute atomic E-state index is 0.512. The van der Waals surface area contributed by atoms with Crippen molar-refractivity contribution in [1.29, 1.82) is 0 Å². The molecular weight excluding hydrogens is 234 g/mol. The predicted octanol–water partition coefficient (Wildman–Crippen LogP) is 3.19. The van der Waals surface area contributed by atoms with Crippen molar-refractivity contribution in [3.63, 3.8) is 0 Å². The van der Waals surface area contributed by atoms with E-state index in [1.54, 1.807) is 12.5 Å². The molecule has 0 fully saturated rings. The Bertz CT molecular complexity index is 507. The van der Waals surface area contributed by atoms with Gasteiger partial charge in [0.25, 0.3) is 0 Å². The van der Waals surface area contributed by atoms with Crippen LogP contribution in [0, 0.1) is 0 Å². The first-order valence-electron chi connectivity index (χ1n) is 5.83. The quantitative estimate of drug-likeness (QED) is 0.901. The van der Waals surface area contributed by atoms with E-state index in [2.05, 4.69) is 17.4 Å². The molecule has 1 aliphatic carbocycles. The van der Waals surface area contributed by atoms with Crippen molar-refractivity contribution in [3.05, 3.63) is 58.5 Å². The van der Waals surface area contributed by atoms with Crippen LogP contribution in [-0.2, 0) is 19.4 Å². The Morgan fingerprint density at radius 2 is 2.12 bits per heavy atom. The fraction of sp³-hybridized carbons (Fsp3) is 0.286. The fourth-order valence-corrected chi connectivity index (χ4v) is 2.58. The molecule has 0 radical (unpaired) electrons. The number of hydrogen-bond acceptors (Lipinski definition) is 2. The maximum absolute atomic E-state index is 6.00. The second-order valence-electron chi connectivity index (χ2n) is 4.53. The molecule has 0 amide bonds. The molecule has 88 valence electrons. The number of furan rings is 1. The van der Waals surface area contributed by atoms with Crippen LogP contribution in [0.3, 0.4) is 0 Å². The van der Waals surface area contributed by atoms with Crippen molar-refractivity contribution in [2.45, 2.75) is 25.4 Å². The van der Waals surface area contributed by atoms with Gasteiger partial charge in [-0.15, -0.1) is 0 Å². The van der Waals surface area contributed by atoms with Gasteiger partial charge in [0.15, 0.2) is 0 Å². The molecule has 1 aliphatic rings. The van der Waals surface area contributed by atoms with E-state index < -0.39 is 0 Å². The summed E-state index contributed by atoms with van der Waals surface area (Å²) in [6.07, 6.45) is 5.64. The normalized spacial score (nSPS) is 18.3. The highest BCUT2D eigenvalue weighted by Gasteiger charge is 2.20. The number of halogens is 1. The molecule has 1 aromatic heterocycles. The van der Waals surface area contributed by atoms with Gasteiger partial charge in [-0.25, -0.2) is 0 Å². The summed E-state index contributed by atoms with van der Waals surface area (Å²) in [6.45, 7) is 0.864. The van der Waals surface area contributed by atoms with E-state index in [0.29, 0.717) is 6.04 Å². The zero-order chi connectivity index (χ0) is 11.7. The summed E-state index contributed by atoms with van der Waals surface area (Å²) in [5.41, 5.74) is 3.99. The maximum Gasteiger partial charge on any atom is 0.0947 e. The largest absolute Gasteiger partial charge is 0.472 e. The van der Waals surface area contributed by atoms with E-state index in [0.717, 1.165) is 24.4 Å². The first-order chi connectivity index (χ1) is 8.31. The molecule has 2 aromatic rings. The predicted molar refractivity (Wildman–Crippen MR) is 68.2 cm³/mol. The lowest BCUT2D eigenvalue weighted by molar-refractivity contribution is 0.523. The van der Waals surface area contributed by atoms with Crippen molar-refractivity contribution >= 4 is 11.6 Å². The van der Waals surface area contributed by atoms with Gasteiger partial charge in [-0.05, 0) is 42.2 Å². The van der Waals surface area contributed by atoms with Crippen LogP contribution < -0.4 is 5.32 Å². The zero-order valence-electron chi connectivity index (χ0n) is 9.45. The van der Waals surface area contributed by atoms with Gasteiger partial charge in [-0.1, -0.05) is 17.7 Å². The number of fused-ring (bicyclic) bond motifs is 1. The molecule has 0 saturated heterocycles. The molecule has 1 heterocycles. The van der Waals surface area contributed by atoms with Crippen LogP contribution in [-0.4, -0.2) is 6.04 Å². The van der Waals surface area contributed by atoms with E-state index in [4.69, 9.17) is 16.0 Å². The highest BCUT2D eigenvalue weighted by molar-refractivity contribution is 6.30. The molecule has 1 atom stereocenters. The van der Waals surface area contributed by atoms with Gasteiger partial charge in [-0.3, -0.25) is 0 Å². The standard InChI is InChI=1S/C14H14ClNO/c15-13-2-1-11-6-14(7-12(11)5-13)16-8-10-3-4-17-9-10/h1-5,9,14,16H,6-8H2. The summed E-state index contributed by atoms with van der Waals surface area (Å²) in [4.78, 5) is 0. The lowest BCUT2D eigenvalue weighted by Gasteiger charge is -2.10. The maximum atomic E-state index is 6.00. The molecule has 1 N–H and O–H groups in total. The van der Waals surface area contributed by atoms with Gasteiger partial charge < -0.3 is 9.73 Å². The van der Waals surface area contributed by atoms with E-state index in [-0.39, 0.29) is 0 Å². The molecule has 0 aliphatic heterocycles. The van der Waals surface area contributed by atoms with Gasteiger partial charge in [-0.2, -0.15) is 0 Å². The lowest BCUT2D eigenvalue weighted by Crippen LogP contribution is -2.28. The smallest absolute Gasteiger partial charge is 0.0947 e. The second kappa shape index (κ2) is 4.55. The molecule has 3 rings (SSSR count). The Morgan fingerprint density at radius 1 is 1.24 bits per heavy atom. The van der Waals surface area contributed by atoms with Crippen LogP contribution in [0.5, 0.6) is 0 Å². The molecule has 17 heavy (non-hydrogen) atoms. The van der Waals surface area contributed by atoms with Crippen LogP contribution in [0.4, 0.5) is 0 Å². The summed E-state index contributed by atoms with van der Waals surface area (Å²) in [5, 5.41) is 4.38. The lowest BCUT2D eigenvalue weighted by atomic mass is 10.1. The topological polar surface area (TPSA) is 25.2 Å². The molecule has 1 aromatic carbocycles. The molecular formula is C14H14ClNO. The van der Waals surface area contributed by atoms with Gasteiger partial charge >= 0.3 is 0 Å². The average molecular weight is 248 g/mol. The third-order valence-corrected chi connectivity index (χ3v) is 3.51. The summed E-state index contributed by atoms with van der Waals surface area (Å²) < 4.78 is 5.05. The Labute approximate surface area is 106 Å². The monoisotopic (exact) mass is 247 g/mol. The first-order valence-corrected chi connectivity index (χ1v) is 6.21. The third kappa shape index (κ3) is 2.38. The minimum Gasteiger partial charge on any atom is -0.472 e. The third-order valence-electron chi connectivity index (χ3n) is 3.28. The number of benzene rings is 1. The summed E-state index contributed by atoms with van der Waals surface area (Å²) in [6, 6.07) is 8.69. The van der Waals surface area contributed by atoms with Crippen LogP contribution in [0.1, 0.15) is 16.7 Å². The molecule has 0 spiro atoms. The van der Waals surface area contributed by atoms with E-state index >= 15 is 0 Å². The Kier molecular flexibility index (Phi) is 2.91. The number of rotatable bonds is 3. The Hall–Kier alpha value is -1.25. The number of nitrogens with one attached hydrogen (secondary N) is 1. The molecule has 0 saturated carbocycles. The van der Waals surface area contributed by atoms with E-state index in [1.165, 1.54) is 16.7 Å². The van der Waals surface area contributed by atoms with Crippen LogP contribution in [0.2, 0.25) is 5.02 Å². The first kappa shape index (κ1) is 10.9. The average Bonchev–Trinajstić information content (AvgIpc) is 2.94. The van der Waals surface area contributed by atoms with Gasteiger partial charge in [0.1, 0.15) is 0 Å². The van der Waals surface area contributed by atoms with Crippen molar-refractivity contribution in [2.24, 2.45) is 0 Å².